The average molecular weight is 384 g/mol. The summed E-state index contributed by atoms with van der Waals surface area (Å²) < 4.78 is 13.3. The van der Waals surface area contributed by atoms with E-state index in [0.717, 1.165) is 11.1 Å². The van der Waals surface area contributed by atoms with Gasteiger partial charge in [-0.2, -0.15) is 0 Å². The quantitative estimate of drug-likeness (QED) is 0.737. The number of rotatable bonds is 8. The van der Waals surface area contributed by atoms with E-state index in [1.165, 1.54) is 12.1 Å². The maximum absolute atomic E-state index is 13.3. The first-order chi connectivity index (χ1) is 13.3. The van der Waals surface area contributed by atoms with E-state index in [-0.39, 0.29) is 30.1 Å². The standard InChI is InChI=1S/C23H29FN2O2/c1-16(2)14-25-22(27)21(19-8-6-5-7-9-19)26(23(28)17(3)4)15-18-10-12-20(24)13-11-18/h5-13,16-17,21H,14-15H2,1-4H3,(H,25,27)/t21-/m0/s1. The summed E-state index contributed by atoms with van der Waals surface area (Å²) in [6.45, 7) is 8.43. The average Bonchev–Trinajstić information content (AvgIpc) is 2.67. The molecule has 1 atom stereocenters. The summed E-state index contributed by atoms with van der Waals surface area (Å²) in [5, 5.41) is 2.96. The Kier molecular flexibility index (Phi) is 7.73. The number of nitrogens with one attached hydrogen (secondary N) is 1. The Balaban J connectivity index is 2.42. The van der Waals surface area contributed by atoms with Crippen LogP contribution in [0, 0.1) is 17.7 Å². The van der Waals surface area contributed by atoms with Crippen LogP contribution in [0.15, 0.2) is 54.6 Å². The molecule has 0 fully saturated rings. The van der Waals surface area contributed by atoms with Crippen molar-refractivity contribution in [1.29, 1.82) is 0 Å². The van der Waals surface area contributed by atoms with Gasteiger partial charge in [0.05, 0.1) is 0 Å². The van der Waals surface area contributed by atoms with Crippen molar-refractivity contribution in [2.75, 3.05) is 6.54 Å². The van der Waals surface area contributed by atoms with Gasteiger partial charge in [-0.3, -0.25) is 9.59 Å². The molecule has 0 saturated carbocycles. The molecule has 150 valence electrons. The number of carbonyl (C=O) groups excluding carboxylic acids is 2. The maximum Gasteiger partial charge on any atom is 0.247 e. The van der Waals surface area contributed by atoms with Gasteiger partial charge >= 0.3 is 0 Å². The lowest BCUT2D eigenvalue weighted by Gasteiger charge is -2.33. The van der Waals surface area contributed by atoms with Crippen molar-refractivity contribution in [3.8, 4) is 0 Å². The van der Waals surface area contributed by atoms with Gasteiger partial charge < -0.3 is 10.2 Å². The zero-order valence-electron chi connectivity index (χ0n) is 17.0. The van der Waals surface area contributed by atoms with Crippen molar-refractivity contribution in [2.45, 2.75) is 40.3 Å². The predicted octanol–water partition coefficient (Wildman–Crippen LogP) is 4.32. The first-order valence-electron chi connectivity index (χ1n) is 9.67. The second kappa shape index (κ2) is 10.0. The Hall–Kier alpha value is -2.69. The molecule has 4 nitrogen and oxygen atoms in total. The van der Waals surface area contributed by atoms with Gasteiger partial charge in [-0.15, -0.1) is 0 Å². The molecule has 0 aliphatic heterocycles. The van der Waals surface area contributed by atoms with Crippen molar-refractivity contribution in [2.24, 2.45) is 11.8 Å². The molecule has 0 bridgehead atoms. The summed E-state index contributed by atoms with van der Waals surface area (Å²) >= 11 is 0. The molecule has 0 aromatic heterocycles. The van der Waals surface area contributed by atoms with Gasteiger partial charge in [0.15, 0.2) is 0 Å². The van der Waals surface area contributed by atoms with Crippen LogP contribution in [0.4, 0.5) is 4.39 Å². The van der Waals surface area contributed by atoms with E-state index in [1.807, 2.05) is 58.0 Å². The summed E-state index contributed by atoms with van der Waals surface area (Å²) in [5.41, 5.74) is 1.52. The fourth-order valence-electron chi connectivity index (χ4n) is 2.92. The Labute approximate surface area is 166 Å². The normalized spacial score (nSPS) is 12.1. The van der Waals surface area contributed by atoms with Gasteiger partial charge in [-0.25, -0.2) is 4.39 Å². The molecule has 0 aliphatic carbocycles. The third kappa shape index (κ3) is 5.91. The highest BCUT2D eigenvalue weighted by Gasteiger charge is 2.32. The summed E-state index contributed by atoms with van der Waals surface area (Å²) in [6, 6.07) is 14.6. The predicted molar refractivity (Wildman–Crippen MR) is 109 cm³/mol. The van der Waals surface area contributed by atoms with E-state index in [1.54, 1.807) is 17.0 Å². The molecule has 2 amide bonds. The van der Waals surface area contributed by atoms with Crippen LogP contribution in [0.3, 0.4) is 0 Å². The van der Waals surface area contributed by atoms with Gasteiger partial charge in [0, 0.05) is 19.0 Å². The first-order valence-corrected chi connectivity index (χ1v) is 9.67. The highest BCUT2D eigenvalue weighted by molar-refractivity contribution is 5.89. The lowest BCUT2D eigenvalue weighted by atomic mass is 10.0. The minimum atomic E-state index is -0.750. The Morgan fingerprint density at radius 2 is 1.57 bits per heavy atom. The van der Waals surface area contributed by atoms with Crippen molar-refractivity contribution < 1.29 is 14.0 Å². The fourth-order valence-corrected chi connectivity index (χ4v) is 2.92. The van der Waals surface area contributed by atoms with Crippen LogP contribution in [0.2, 0.25) is 0 Å². The van der Waals surface area contributed by atoms with Gasteiger partial charge in [0.2, 0.25) is 11.8 Å². The van der Waals surface area contributed by atoms with E-state index < -0.39 is 6.04 Å². The molecule has 0 heterocycles. The number of halogens is 1. The molecule has 0 saturated heterocycles. The molecule has 28 heavy (non-hydrogen) atoms. The van der Waals surface area contributed by atoms with Crippen molar-refractivity contribution >= 4 is 11.8 Å². The van der Waals surface area contributed by atoms with Crippen LogP contribution in [-0.4, -0.2) is 23.3 Å². The number of hydrogen-bond donors (Lipinski definition) is 1. The molecule has 0 radical (unpaired) electrons. The maximum atomic E-state index is 13.3. The van der Waals surface area contributed by atoms with Gasteiger partial charge in [-0.05, 0) is 29.2 Å². The molecule has 2 rings (SSSR count). The molecular weight excluding hydrogens is 355 g/mol. The van der Waals surface area contributed by atoms with Crippen LogP contribution < -0.4 is 5.32 Å². The molecule has 1 N–H and O–H groups in total. The van der Waals surface area contributed by atoms with Crippen molar-refractivity contribution in [3.63, 3.8) is 0 Å². The van der Waals surface area contributed by atoms with Crippen molar-refractivity contribution in [1.82, 2.24) is 10.2 Å². The molecule has 0 aliphatic rings. The van der Waals surface area contributed by atoms with E-state index in [2.05, 4.69) is 5.32 Å². The molecule has 2 aromatic carbocycles. The van der Waals surface area contributed by atoms with E-state index in [9.17, 15) is 14.0 Å². The Bertz CT molecular complexity index is 773. The van der Waals surface area contributed by atoms with Crippen LogP contribution in [0.1, 0.15) is 44.9 Å². The monoisotopic (exact) mass is 384 g/mol. The molecule has 2 aromatic rings. The third-order valence-electron chi connectivity index (χ3n) is 4.40. The number of hydrogen-bond acceptors (Lipinski definition) is 2. The smallest absolute Gasteiger partial charge is 0.247 e. The lowest BCUT2D eigenvalue weighted by molar-refractivity contribution is -0.144. The SMILES string of the molecule is CC(C)CNC(=O)[C@H](c1ccccc1)N(Cc1ccc(F)cc1)C(=O)C(C)C. The van der Waals surface area contributed by atoms with Crippen LogP contribution in [0.5, 0.6) is 0 Å². The third-order valence-corrected chi connectivity index (χ3v) is 4.40. The van der Waals surface area contributed by atoms with Gasteiger partial charge in [0.25, 0.3) is 0 Å². The molecule has 5 heteroatoms. The zero-order valence-corrected chi connectivity index (χ0v) is 17.0. The second-order valence-electron chi connectivity index (χ2n) is 7.70. The van der Waals surface area contributed by atoms with E-state index in [4.69, 9.17) is 0 Å². The summed E-state index contributed by atoms with van der Waals surface area (Å²) in [5.74, 6) is -0.648. The van der Waals surface area contributed by atoms with Gasteiger partial charge in [0.1, 0.15) is 11.9 Å². The minimum Gasteiger partial charge on any atom is -0.354 e. The van der Waals surface area contributed by atoms with Crippen LogP contribution in [0.25, 0.3) is 0 Å². The molecular formula is C23H29FN2O2. The van der Waals surface area contributed by atoms with Crippen molar-refractivity contribution in [3.05, 3.63) is 71.5 Å². The highest BCUT2D eigenvalue weighted by atomic mass is 19.1. The first kappa shape index (κ1) is 21.6. The Morgan fingerprint density at radius 3 is 2.11 bits per heavy atom. The Morgan fingerprint density at radius 1 is 0.964 bits per heavy atom. The minimum absolute atomic E-state index is 0.127. The second-order valence-corrected chi connectivity index (χ2v) is 7.70. The number of amides is 2. The van der Waals surface area contributed by atoms with Crippen LogP contribution >= 0.6 is 0 Å². The summed E-state index contributed by atoms with van der Waals surface area (Å²) in [6.07, 6.45) is 0. The largest absolute Gasteiger partial charge is 0.354 e. The summed E-state index contributed by atoms with van der Waals surface area (Å²) in [4.78, 5) is 27.7. The topological polar surface area (TPSA) is 49.4 Å². The number of benzene rings is 2. The molecule has 0 unspecified atom stereocenters. The molecule has 0 spiro atoms. The number of nitrogens with zero attached hydrogens (tertiary/aromatic N) is 1. The summed E-state index contributed by atoms with van der Waals surface area (Å²) in [7, 11) is 0. The number of carbonyl (C=O) groups is 2. The highest BCUT2D eigenvalue weighted by Crippen LogP contribution is 2.25. The lowest BCUT2D eigenvalue weighted by Crippen LogP contribution is -2.45. The van der Waals surface area contributed by atoms with E-state index >= 15 is 0 Å². The van der Waals surface area contributed by atoms with E-state index in [0.29, 0.717) is 12.5 Å². The zero-order chi connectivity index (χ0) is 20.7. The van der Waals surface area contributed by atoms with Gasteiger partial charge in [-0.1, -0.05) is 70.2 Å². The van der Waals surface area contributed by atoms with Crippen LogP contribution in [-0.2, 0) is 16.1 Å². The fraction of sp³-hybridized carbons (Fsp3) is 0.391.